The Kier molecular flexibility index (Phi) is 5.56. The average molecular weight is 406 g/mol. The van der Waals surface area contributed by atoms with Gasteiger partial charge in [0.25, 0.3) is 17.7 Å². The third kappa shape index (κ3) is 3.80. The molecular weight excluding hydrogens is 384 g/mol. The van der Waals surface area contributed by atoms with E-state index in [1.807, 2.05) is 0 Å². The van der Waals surface area contributed by atoms with Crippen molar-refractivity contribution in [3.8, 4) is 0 Å². The van der Waals surface area contributed by atoms with Crippen molar-refractivity contribution in [2.45, 2.75) is 12.8 Å². The molecule has 1 aromatic carbocycles. The Morgan fingerprint density at radius 1 is 0.833 bits per heavy atom. The highest BCUT2D eigenvalue weighted by Crippen LogP contribution is 2.22. The highest BCUT2D eigenvalue weighted by molar-refractivity contribution is 6.21. The number of rotatable bonds is 5. The van der Waals surface area contributed by atoms with Crippen molar-refractivity contribution in [1.29, 1.82) is 0 Å². The summed E-state index contributed by atoms with van der Waals surface area (Å²) in [6.07, 6.45) is 2.25. The Hall–Kier alpha value is -3.55. The van der Waals surface area contributed by atoms with Gasteiger partial charge in [-0.15, -0.1) is 0 Å². The second-order valence-corrected chi connectivity index (χ2v) is 7.30. The van der Waals surface area contributed by atoms with Crippen molar-refractivity contribution in [2.24, 2.45) is 0 Å². The zero-order valence-corrected chi connectivity index (χ0v) is 16.5. The Labute approximate surface area is 174 Å². The number of imide groups is 1. The molecule has 0 radical (unpaired) electrons. The molecule has 0 saturated carbocycles. The molecule has 8 nitrogen and oxygen atoms in total. The van der Waals surface area contributed by atoms with Crippen LogP contribution in [0.15, 0.2) is 48.7 Å². The summed E-state index contributed by atoms with van der Waals surface area (Å²) in [7, 11) is 0. The number of carbonyl (C=O) groups excluding carboxylic acids is 4. The molecule has 0 atom stereocenters. The molecule has 0 aliphatic carbocycles. The number of aromatic nitrogens is 1. The minimum Gasteiger partial charge on any atom is -0.339 e. The van der Waals surface area contributed by atoms with Crippen LogP contribution in [0, 0.1) is 0 Å². The molecule has 0 N–H and O–H groups in total. The van der Waals surface area contributed by atoms with Gasteiger partial charge in [-0.2, -0.15) is 0 Å². The smallest absolute Gasteiger partial charge is 0.272 e. The van der Waals surface area contributed by atoms with Crippen LogP contribution in [0.1, 0.15) is 44.0 Å². The summed E-state index contributed by atoms with van der Waals surface area (Å²) in [6, 6.07) is 12.0. The summed E-state index contributed by atoms with van der Waals surface area (Å²) in [5, 5.41) is 0. The van der Waals surface area contributed by atoms with E-state index in [1.54, 1.807) is 58.5 Å². The first-order chi connectivity index (χ1) is 14.6. The Balaban J connectivity index is 1.24. The normalized spacial score (nSPS) is 16.1. The van der Waals surface area contributed by atoms with E-state index in [4.69, 9.17) is 0 Å². The van der Waals surface area contributed by atoms with Gasteiger partial charge in [-0.3, -0.25) is 29.1 Å². The first-order valence-corrected chi connectivity index (χ1v) is 9.99. The predicted octanol–water partition coefficient (Wildman–Crippen LogP) is 1.44. The molecule has 4 rings (SSSR count). The molecule has 1 saturated heterocycles. The van der Waals surface area contributed by atoms with Crippen LogP contribution in [-0.2, 0) is 4.79 Å². The summed E-state index contributed by atoms with van der Waals surface area (Å²) in [5.74, 6) is -0.765. The van der Waals surface area contributed by atoms with Crippen LogP contribution in [0.2, 0.25) is 0 Å². The summed E-state index contributed by atoms with van der Waals surface area (Å²) in [6.45, 7) is 2.06. The third-order valence-electron chi connectivity index (χ3n) is 5.45. The summed E-state index contributed by atoms with van der Waals surface area (Å²) in [5.41, 5.74) is 1.24. The number of amides is 4. The van der Waals surface area contributed by atoms with Gasteiger partial charge in [-0.25, -0.2) is 0 Å². The average Bonchev–Trinajstić information content (AvgIpc) is 3.04. The Bertz CT molecular complexity index is 949. The first-order valence-electron chi connectivity index (χ1n) is 9.99. The lowest BCUT2D eigenvalue weighted by Crippen LogP contribution is -2.50. The second kappa shape index (κ2) is 8.44. The minimum absolute atomic E-state index is 0.0310. The number of fused-ring (bicyclic) bond motifs is 1. The highest BCUT2D eigenvalue weighted by Gasteiger charge is 2.34. The fourth-order valence-electron chi connectivity index (χ4n) is 3.80. The molecule has 2 aromatic rings. The SMILES string of the molecule is O=C(CCCN1C(=O)c2ccccc2C1=O)N1CCN(C(=O)c2ccccn2)CC1. The minimum atomic E-state index is -0.301. The summed E-state index contributed by atoms with van der Waals surface area (Å²) in [4.78, 5) is 58.4. The standard InChI is InChI=1S/C22H22N4O4/c27-19(9-5-11-26-20(28)16-6-1-2-7-17(16)21(26)29)24-12-14-25(15-13-24)22(30)18-8-3-4-10-23-18/h1-4,6-8,10H,5,9,11-15H2. The zero-order chi connectivity index (χ0) is 21.1. The molecule has 2 aliphatic heterocycles. The molecule has 0 spiro atoms. The zero-order valence-electron chi connectivity index (χ0n) is 16.5. The van der Waals surface area contributed by atoms with E-state index >= 15 is 0 Å². The van der Waals surface area contributed by atoms with Crippen LogP contribution in [0.5, 0.6) is 0 Å². The van der Waals surface area contributed by atoms with Gasteiger partial charge in [0.1, 0.15) is 5.69 Å². The number of carbonyl (C=O) groups is 4. The first kappa shape index (κ1) is 19.8. The third-order valence-corrected chi connectivity index (χ3v) is 5.45. The number of nitrogens with zero attached hydrogens (tertiary/aromatic N) is 4. The maximum atomic E-state index is 12.5. The van der Waals surface area contributed by atoms with Crippen LogP contribution in [0.4, 0.5) is 0 Å². The van der Waals surface area contributed by atoms with Gasteiger partial charge in [0, 0.05) is 45.3 Å². The molecule has 1 aromatic heterocycles. The Morgan fingerprint density at radius 3 is 2.03 bits per heavy atom. The molecule has 154 valence electrons. The van der Waals surface area contributed by atoms with Crippen LogP contribution in [-0.4, -0.2) is 76.0 Å². The van der Waals surface area contributed by atoms with E-state index in [9.17, 15) is 19.2 Å². The van der Waals surface area contributed by atoms with Gasteiger partial charge >= 0.3 is 0 Å². The van der Waals surface area contributed by atoms with Crippen LogP contribution in [0.25, 0.3) is 0 Å². The van der Waals surface area contributed by atoms with E-state index in [2.05, 4.69) is 4.98 Å². The van der Waals surface area contributed by atoms with E-state index in [1.165, 1.54) is 4.90 Å². The molecule has 0 bridgehead atoms. The highest BCUT2D eigenvalue weighted by atomic mass is 16.2. The fraction of sp³-hybridized carbons (Fsp3) is 0.318. The topological polar surface area (TPSA) is 90.9 Å². The van der Waals surface area contributed by atoms with Crippen molar-refractivity contribution in [3.05, 3.63) is 65.5 Å². The lowest BCUT2D eigenvalue weighted by Gasteiger charge is -2.34. The van der Waals surface area contributed by atoms with Gasteiger partial charge in [0.2, 0.25) is 5.91 Å². The molecular formula is C22H22N4O4. The summed E-state index contributed by atoms with van der Waals surface area (Å²) < 4.78 is 0. The summed E-state index contributed by atoms with van der Waals surface area (Å²) >= 11 is 0. The van der Waals surface area contributed by atoms with E-state index < -0.39 is 0 Å². The maximum Gasteiger partial charge on any atom is 0.272 e. The van der Waals surface area contributed by atoms with E-state index in [0.29, 0.717) is 49.4 Å². The fourth-order valence-corrected chi connectivity index (χ4v) is 3.80. The van der Waals surface area contributed by atoms with Gasteiger partial charge in [-0.1, -0.05) is 18.2 Å². The van der Waals surface area contributed by atoms with Gasteiger partial charge < -0.3 is 9.80 Å². The molecule has 2 aliphatic rings. The predicted molar refractivity (Wildman–Crippen MR) is 108 cm³/mol. The molecule has 0 unspecified atom stereocenters. The quantitative estimate of drug-likeness (QED) is 0.701. The van der Waals surface area contributed by atoms with Crippen molar-refractivity contribution in [1.82, 2.24) is 19.7 Å². The van der Waals surface area contributed by atoms with Crippen molar-refractivity contribution in [3.63, 3.8) is 0 Å². The van der Waals surface area contributed by atoms with Gasteiger partial charge in [0.15, 0.2) is 0 Å². The number of pyridine rings is 1. The van der Waals surface area contributed by atoms with Gasteiger partial charge in [0.05, 0.1) is 11.1 Å². The van der Waals surface area contributed by atoms with Crippen molar-refractivity contribution in [2.75, 3.05) is 32.7 Å². The largest absolute Gasteiger partial charge is 0.339 e. The number of piperazine rings is 1. The molecule has 30 heavy (non-hydrogen) atoms. The second-order valence-electron chi connectivity index (χ2n) is 7.30. The lowest BCUT2D eigenvalue weighted by molar-refractivity contribution is -0.132. The van der Waals surface area contributed by atoms with Crippen LogP contribution in [0.3, 0.4) is 0 Å². The monoisotopic (exact) mass is 406 g/mol. The number of hydrogen-bond donors (Lipinski definition) is 0. The van der Waals surface area contributed by atoms with Gasteiger partial charge in [-0.05, 0) is 30.7 Å². The van der Waals surface area contributed by atoms with Crippen molar-refractivity contribution < 1.29 is 19.2 Å². The number of hydrogen-bond acceptors (Lipinski definition) is 5. The van der Waals surface area contributed by atoms with Crippen LogP contribution < -0.4 is 0 Å². The van der Waals surface area contributed by atoms with Crippen molar-refractivity contribution >= 4 is 23.6 Å². The van der Waals surface area contributed by atoms with E-state index in [0.717, 1.165) is 0 Å². The van der Waals surface area contributed by atoms with E-state index in [-0.39, 0.29) is 36.6 Å². The Morgan fingerprint density at radius 2 is 1.43 bits per heavy atom. The lowest BCUT2D eigenvalue weighted by atomic mass is 10.1. The number of benzene rings is 1. The molecule has 8 heteroatoms. The molecule has 4 amide bonds. The maximum absolute atomic E-state index is 12.5. The van der Waals surface area contributed by atoms with Crippen LogP contribution >= 0.6 is 0 Å². The molecule has 1 fully saturated rings. The molecule has 3 heterocycles.